The van der Waals surface area contributed by atoms with Gasteiger partial charge in [-0.15, -0.1) is 0 Å². The minimum Gasteiger partial charge on any atom is -0.480 e. The first kappa shape index (κ1) is 30.7. The Hall–Kier alpha value is -2.82. The van der Waals surface area contributed by atoms with Crippen LogP contribution in [-0.4, -0.2) is 84.5 Å². The fourth-order valence-electron chi connectivity index (χ4n) is 4.67. The molecule has 1 aliphatic heterocycles. The number of hydrogen-bond donors (Lipinski definition) is 3. The van der Waals surface area contributed by atoms with Crippen LogP contribution in [0.25, 0.3) is 10.8 Å². The number of hydrogen-bond acceptors (Lipinski definition) is 7. The smallest absolute Gasteiger partial charge is 0.407 e. The molecule has 0 radical (unpaired) electrons. The van der Waals surface area contributed by atoms with Crippen molar-refractivity contribution in [2.24, 2.45) is 5.92 Å². The number of rotatable bonds is 15. The van der Waals surface area contributed by atoms with Crippen molar-refractivity contribution in [3.05, 3.63) is 48.0 Å². The number of aliphatic carboxylic acids is 1. The molecule has 3 rings (SSSR count). The molecule has 10 heteroatoms. The molecule has 1 saturated heterocycles. The number of carbonyl (C=O) groups is 3. The summed E-state index contributed by atoms with van der Waals surface area (Å²) < 4.78 is 10.9. The van der Waals surface area contributed by atoms with Gasteiger partial charge in [-0.3, -0.25) is 9.69 Å². The summed E-state index contributed by atoms with van der Waals surface area (Å²) in [6.07, 6.45) is 3.00. The van der Waals surface area contributed by atoms with Gasteiger partial charge in [0.25, 0.3) is 0 Å². The highest BCUT2D eigenvalue weighted by molar-refractivity contribution is 7.98. The van der Waals surface area contributed by atoms with Crippen molar-refractivity contribution in [3.8, 4) is 0 Å². The summed E-state index contributed by atoms with van der Waals surface area (Å²) in [5.41, 5.74) is 1.05. The molecular weight excluding hydrogens is 518 g/mol. The van der Waals surface area contributed by atoms with E-state index in [1.165, 1.54) is 11.8 Å². The summed E-state index contributed by atoms with van der Waals surface area (Å²) in [7, 11) is 0. The highest BCUT2D eigenvalue weighted by atomic mass is 32.2. The zero-order chi connectivity index (χ0) is 28.2. The van der Waals surface area contributed by atoms with E-state index in [0.717, 1.165) is 22.8 Å². The lowest BCUT2D eigenvalue weighted by molar-refractivity contribution is -0.142. The Labute approximate surface area is 235 Å². The van der Waals surface area contributed by atoms with Crippen LogP contribution in [0.5, 0.6) is 0 Å². The monoisotopic (exact) mass is 559 g/mol. The van der Waals surface area contributed by atoms with Crippen LogP contribution in [0.15, 0.2) is 42.5 Å². The number of nitrogens with one attached hydrogen (secondary N) is 2. The van der Waals surface area contributed by atoms with Crippen LogP contribution in [0.1, 0.15) is 38.7 Å². The Bertz CT molecular complexity index is 1090. The van der Waals surface area contributed by atoms with E-state index >= 15 is 0 Å². The third kappa shape index (κ3) is 9.70. The molecule has 0 bridgehead atoms. The Morgan fingerprint density at radius 3 is 2.64 bits per heavy atom. The normalized spacial score (nSPS) is 17.5. The number of fused-ring (bicyclic) bond motifs is 1. The van der Waals surface area contributed by atoms with Gasteiger partial charge in [-0.2, -0.15) is 11.8 Å². The van der Waals surface area contributed by atoms with Gasteiger partial charge in [0.15, 0.2) is 0 Å². The van der Waals surface area contributed by atoms with Crippen molar-refractivity contribution in [1.82, 2.24) is 15.5 Å². The lowest BCUT2D eigenvalue weighted by atomic mass is 9.98. The number of carboxylic acid groups (broad SMARTS) is 1. The van der Waals surface area contributed by atoms with Gasteiger partial charge in [0.05, 0.1) is 19.8 Å². The Kier molecular flexibility index (Phi) is 12.4. The van der Waals surface area contributed by atoms with Gasteiger partial charge < -0.3 is 25.2 Å². The fourth-order valence-corrected chi connectivity index (χ4v) is 5.14. The molecule has 2 amide bonds. The van der Waals surface area contributed by atoms with Crippen LogP contribution in [-0.2, 0) is 25.6 Å². The average Bonchev–Trinajstić information content (AvgIpc) is 3.43. The molecule has 4 atom stereocenters. The van der Waals surface area contributed by atoms with Crippen molar-refractivity contribution < 1.29 is 29.0 Å². The molecule has 2 aromatic carbocycles. The van der Waals surface area contributed by atoms with Crippen molar-refractivity contribution in [2.75, 3.05) is 38.3 Å². The lowest BCUT2D eigenvalue weighted by Crippen LogP contribution is -2.51. The van der Waals surface area contributed by atoms with Crippen LogP contribution in [0, 0.1) is 5.92 Å². The lowest BCUT2D eigenvalue weighted by Gasteiger charge is -2.31. The molecule has 1 heterocycles. The van der Waals surface area contributed by atoms with Gasteiger partial charge in [-0.05, 0) is 40.7 Å². The minimum absolute atomic E-state index is 0.00754. The summed E-state index contributed by atoms with van der Waals surface area (Å²) >= 11 is 1.54. The predicted octanol–water partition coefficient (Wildman–Crippen LogP) is 3.89. The molecule has 1 aliphatic rings. The highest BCUT2D eigenvalue weighted by Crippen LogP contribution is 2.21. The van der Waals surface area contributed by atoms with Crippen LogP contribution >= 0.6 is 11.8 Å². The molecule has 9 nitrogen and oxygen atoms in total. The van der Waals surface area contributed by atoms with E-state index in [-0.39, 0.29) is 30.5 Å². The quantitative estimate of drug-likeness (QED) is 0.301. The van der Waals surface area contributed by atoms with Crippen LogP contribution in [0.2, 0.25) is 0 Å². The molecule has 1 fully saturated rings. The largest absolute Gasteiger partial charge is 0.480 e. The summed E-state index contributed by atoms with van der Waals surface area (Å²) in [6, 6.07) is 12.9. The first-order valence-corrected chi connectivity index (χ1v) is 14.9. The molecule has 0 spiro atoms. The SMILES string of the molecule is CC[C@H](C)[C@@H](CN(CC(=O)N[C@@H](CCSC)C(=O)O)Cc1cccc2ccccc12)NC(=O)O[C@H]1CCOC1. The molecule has 0 saturated carbocycles. The predicted molar refractivity (Wildman–Crippen MR) is 154 cm³/mol. The van der Waals surface area contributed by atoms with Gasteiger partial charge in [0, 0.05) is 25.6 Å². The Morgan fingerprint density at radius 1 is 1.18 bits per heavy atom. The van der Waals surface area contributed by atoms with Gasteiger partial charge in [0.1, 0.15) is 12.1 Å². The fraction of sp³-hybridized carbons (Fsp3) is 0.552. The van der Waals surface area contributed by atoms with E-state index in [2.05, 4.69) is 30.5 Å². The van der Waals surface area contributed by atoms with Crippen molar-refractivity contribution in [1.29, 1.82) is 0 Å². The number of nitrogens with zero attached hydrogens (tertiary/aromatic N) is 1. The van der Waals surface area contributed by atoms with Crippen molar-refractivity contribution >= 4 is 40.5 Å². The molecule has 0 aliphatic carbocycles. The summed E-state index contributed by atoms with van der Waals surface area (Å²) in [4.78, 5) is 39.5. The highest BCUT2D eigenvalue weighted by Gasteiger charge is 2.27. The van der Waals surface area contributed by atoms with E-state index < -0.39 is 18.1 Å². The third-order valence-corrected chi connectivity index (χ3v) is 7.78. The molecule has 39 heavy (non-hydrogen) atoms. The number of ether oxygens (including phenoxy) is 2. The Balaban J connectivity index is 1.79. The first-order chi connectivity index (χ1) is 18.8. The number of amides is 2. The molecular formula is C29H41N3O6S. The number of thioether (sulfide) groups is 1. The van der Waals surface area contributed by atoms with Crippen LogP contribution < -0.4 is 10.6 Å². The van der Waals surface area contributed by atoms with E-state index in [1.54, 1.807) is 0 Å². The summed E-state index contributed by atoms with van der Waals surface area (Å²) in [6.45, 7) is 5.93. The number of alkyl carbamates (subject to hydrolysis) is 1. The van der Waals surface area contributed by atoms with Gasteiger partial charge in [-0.25, -0.2) is 9.59 Å². The average molecular weight is 560 g/mol. The molecule has 2 aromatic rings. The first-order valence-electron chi connectivity index (χ1n) is 13.6. The number of benzene rings is 2. The zero-order valence-corrected chi connectivity index (χ0v) is 23.9. The van der Waals surface area contributed by atoms with E-state index in [4.69, 9.17) is 9.47 Å². The van der Waals surface area contributed by atoms with Gasteiger partial charge in [-0.1, -0.05) is 62.7 Å². The molecule has 0 unspecified atom stereocenters. The van der Waals surface area contributed by atoms with Gasteiger partial charge >= 0.3 is 12.1 Å². The molecule has 0 aromatic heterocycles. The topological polar surface area (TPSA) is 117 Å². The maximum atomic E-state index is 13.1. The zero-order valence-electron chi connectivity index (χ0n) is 23.1. The maximum absolute atomic E-state index is 13.1. The molecule has 3 N–H and O–H groups in total. The van der Waals surface area contributed by atoms with Crippen molar-refractivity contribution in [2.45, 2.75) is 57.8 Å². The van der Waals surface area contributed by atoms with E-state index in [0.29, 0.717) is 44.9 Å². The second-order valence-electron chi connectivity index (χ2n) is 10.1. The second-order valence-corrected chi connectivity index (χ2v) is 11.1. The third-order valence-electron chi connectivity index (χ3n) is 7.14. The molecule has 214 valence electrons. The standard InChI is InChI=1S/C29H41N3O6S/c1-4-20(2)26(31-29(36)38-23-12-14-37-19-23)17-32(18-27(33)30-25(28(34)35)13-15-39-3)16-22-10-7-9-21-8-5-6-11-24(21)22/h5-11,20,23,25-26H,4,12-19H2,1-3H3,(H,30,33)(H,31,36)(H,34,35)/t20-,23-,25-,26+/m0/s1. The van der Waals surface area contributed by atoms with E-state index in [9.17, 15) is 19.5 Å². The summed E-state index contributed by atoms with van der Waals surface area (Å²) in [5, 5.41) is 17.5. The van der Waals surface area contributed by atoms with Crippen LogP contribution in [0.4, 0.5) is 4.79 Å². The number of carboxylic acids is 1. The van der Waals surface area contributed by atoms with Crippen LogP contribution in [0.3, 0.4) is 0 Å². The Morgan fingerprint density at radius 2 is 1.95 bits per heavy atom. The van der Waals surface area contributed by atoms with E-state index in [1.807, 2.05) is 47.6 Å². The minimum atomic E-state index is -1.05. The second kappa shape index (κ2) is 15.7. The number of carbonyl (C=O) groups excluding carboxylic acids is 2. The van der Waals surface area contributed by atoms with Gasteiger partial charge in [0.2, 0.25) is 5.91 Å². The summed E-state index contributed by atoms with van der Waals surface area (Å²) in [5.74, 6) is -0.664. The maximum Gasteiger partial charge on any atom is 0.407 e. The van der Waals surface area contributed by atoms with Crippen molar-refractivity contribution in [3.63, 3.8) is 0 Å².